The Hall–Kier alpha value is -1.69. The molecule has 0 spiro atoms. The van der Waals surface area contributed by atoms with Gasteiger partial charge in [0.05, 0.1) is 24.2 Å². The molecular weight excluding hydrogens is 222 g/mol. The summed E-state index contributed by atoms with van der Waals surface area (Å²) >= 11 is 0. The highest BCUT2D eigenvalue weighted by atomic mass is 16.6. The van der Waals surface area contributed by atoms with E-state index in [2.05, 4.69) is 4.98 Å². The van der Waals surface area contributed by atoms with Gasteiger partial charge < -0.3 is 5.11 Å². The van der Waals surface area contributed by atoms with Crippen molar-refractivity contribution in [2.24, 2.45) is 5.92 Å². The number of piperidine rings is 1. The Labute approximate surface area is 99.0 Å². The Morgan fingerprint density at radius 3 is 3.18 bits per heavy atom. The molecular formula is C11H16N3O3+. The molecule has 1 aromatic rings. The molecule has 1 atom stereocenters. The standard InChI is InChI=1S/C11H15N3O3/c15-8-9-3-2-6-13(7-9)11-10(14(16)17)4-1-5-12-11/h1,4-5,9,15H,2-3,6-8H2/p+1/t9-/m1/s1. The summed E-state index contributed by atoms with van der Waals surface area (Å²) in [5.41, 5.74) is 0.0890. The van der Waals surface area contributed by atoms with Crippen molar-refractivity contribution in [1.82, 2.24) is 0 Å². The van der Waals surface area contributed by atoms with Gasteiger partial charge in [0.25, 0.3) is 0 Å². The second kappa shape index (κ2) is 5.09. The molecule has 0 unspecified atom stereocenters. The van der Waals surface area contributed by atoms with E-state index in [-0.39, 0.29) is 23.1 Å². The molecule has 2 N–H and O–H groups in total. The van der Waals surface area contributed by atoms with Gasteiger partial charge >= 0.3 is 11.5 Å². The molecule has 0 bridgehead atoms. The minimum atomic E-state index is -0.381. The third-order valence-electron chi connectivity index (χ3n) is 3.10. The number of nitrogens with one attached hydrogen (secondary N) is 1. The van der Waals surface area contributed by atoms with Gasteiger partial charge in [-0.3, -0.25) is 15.0 Å². The van der Waals surface area contributed by atoms with Crippen molar-refractivity contribution in [3.63, 3.8) is 0 Å². The van der Waals surface area contributed by atoms with Crippen LogP contribution in [0.1, 0.15) is 12.8 Å². The molecule has 1 saturated heterocycles. The van der Waals surface area contributed by atoms with Crippen LogP contribution in [0.15, 0.2) is 18.3 Å². The van der Waals surface area contributed by atoms with Crippen molar-refractivity contribution >= 4 is 11.5 Å². The van der Waals surface area contributed by atoms with Crippen LogP contribution in [0, 0.1) is 16.0 Å². The number of rotatable bonds is 3. The van der Waals surface area contributed by atoms with Crippen LogP contribution in [0.3, 0.4) is 0 Å². The first kappa shape index (κ1) is 11.8. The van der Waals surface area contributed by atoms with E-state index in [1.165, 1.54) is 6.07 Å². The van der Waals surface area contributed by atoms with Gasteiger partial charge in [0.15, 0.2) is 0 Å². The van der Waals surface area contributed by atoms with Gasteiger partial charge in [0, 0.05) is 18.6 Å². The maximum Gasteiger partial charge on any atom is 0.357 e. The fraction of sp³-hybridized carbons (Fsp3) is 0.545. The molecule has 6 nitrogen and oxygen atoms in total. The topological polar surface area (TPSA) is 80.8 Å². The van der Waals surface area contributed by atoms with Crippen LogP contribution in [-0.2, 0) is 0 Å². The summed E-state index contributed by atoms with van der Waals surface area (Å²) < 4.78 is 0. The van der Waals surface area contributed by atoms with E-state index in [1.807, 2.05) is 4.90 Å². The number of anilines is 1. The zero-order valence-electron chi connectivity index (χ0n) is 9.50. The average Bonchev–Trinajstić information content (AvgIpc) is 2.39. The average molecular weight is 238 g/mol. The summed E-state index contributed by atoms with van der Waals surface area (Å²) in [5.74, 6) is 0.743. The number of H-pyrrole nitrogens is 1. The lowest BCUT2D eigenvalue weighted by atomic mass is 9.99. The maximum absolute atomic E-state index is 10.9. The quantitative estimate of drug-likeness (QED) is 0.618. The Kier molecular flexibility index (Phi) is 3.53. The summed E-state index contributed by atoms with van der Waals surface area (Å²) in [7, 11) is 0. The summed E-state index contributed by atoms with van der Waals surface area (Å²) in [6, 6.07) is 3.11. The van der Waals surface area contributed by atoms with E-state index in [9.17, 15) is 10.1 Å². The molecule has 1 aliphatic heterocycles. The zero-order chi connectivity index (χ0) is 12.3. The Morgan fingerprint density at radius 1 is 1.65 bits per heavy atom. The van der Waals surface area contributed by atoms with E-state index in [1.54, 1.807) is 12.3 Å². The van der Waals surface area contributed by atoms with Gasteiger partial charge in [-0.05, 0) is 18.9 Å². The number of aliphatic hydroxyl groups is 1. The molecule has 1 aliphatic rings. The lowest BCUT2D eigenvalue weighted by Crippen LogP contribution is -2.40. The van der Waals surface area contributed by atoms with Crippen LogP contribution in [0.2, 0.25) is 0 Å². The molecule has 0 radical (unpaired) electrons. The van der Waals surface area contributed by atoms with E-state index < -0.39 is 0 Å². The second-order valence-electron chi connectivity index (χ2n) is 4.30. The number of aromatic nitrogens is 1. The fourth-order valence-electron chi connectivity index (χ4n) is 2.24. The fourth-order valence-corrected chi connectivity index (χ4v) is 2.24. The monoisotopic (exact) mass is 238 g/mol. The van der Waals surface area contributed by atoms with Crippen LogP contribution >= 0.6 is 0 Å². The molecule has 1 fully saturated rings. The number of hydrogen-bond donors (Lipinski definition) is 1. The Balaban J connectivity index is 2.24. The third-order valence-corrected chi connectivity index (χ3v) is 3.10. The summed E-state index contributed by atoms with van der Waals surface area (Å²) in [5, 5.41) is 20.1. The summed E-state index contributed by atoms with van der Waals surface area (Å²) in [6.45, 7) is 1.59. The van der Waals surface area contributed by atoms with Crippen molar-refractivity contribution in [1.29, 1.82) is 0 Å². The SMILES string of the molecule is O=[N+]([O-])c1ccc[nH+]c1N1CCC[C@@H](CO)C1. The molecule has 17 heavy (non-hydrogen) atoms. The highest BCUT2D eigenvalue weighted by molar-refractivity contribution is 5.53. The van der Waals surface area contributed by atoms with Gasteiger partial charge in [-0.1, -0.05) is 0 Å². The lowest BCUT2D eigenvalue weighted by molar-refractivity contribution is -0.411. The highest BCUT2D eigenvalue weighted by Gasteiger charge is 2.31. The molecule has 0 saturated carbocycles. The Bertz CT molecular complexity index is 411. The molecule has 6 heteroatoms. The number of hydrogen-bond acceptors (Lipinski definition) is 4. The molecule has 2 heterocycles. The molecule has 0 aromatic carbocycles. The predicted molar refractivity (Wildman–Crippen MR) is 61.7 cm³/mol. The molecule has 0 aliphatic carbocycles. The van der Waals surface area contributed by atoms with Crippen molar-refractivity contribution in [2.45, 2.75) is 12.8 Å². The van der Waals surface area contributed by atoms with Crippen molar-refractivity contribution < 1.29 is 15.0 Å². The van der Waals surface area contributed by atoms with E-state index in [0.29, 0.717) is 12.4 Å². The van der Waals surface area contributed by atoms with Crippen molar-refractivity contribution in [2.75, 3.05) is 24.6 Å². The first-order chi connectivity index (χ1) is 8.22. The number of nitro groups is 1. The molecule has 2 rings (SSSR count). The minimum absolute atomic E-state index is 0.0890. The maximum atomic E-state index is 10.9. The number of pyridine rings is 1. The lowest BCUT2D eigenvalue weighted by Gasteiger charge is -2.26. The van der Waals surface area contributed by atoms with Crippen LogP contribution < -0.4 is 9.88 Å². The zero-order valence-corrected chi connectivity index (χ0v) is 9.50. The van der Waals surface area contributed by atoms with E-state index >= 15 is 0 Å². The van der Waals surface area contributed by atoms with E-state index in [4.69, 9.17) is 5.11 Å². The molecule has 0 amide bonds. The molecule has 92 valence electrons. The first-order valence-corrected chi connectivity index (χ1v) is 5.73. The van der Waals surface area contributed by atoms with Gasteiger partial charge in [0.1, 0.15) is 0 Å². The van der Waals surface area contributed by atoms with Crippen LogP contribution in [0.4, 0.5) is 11.5 Å². The smallest absolute Gasteiger partial charge is 0.357 e. The minimum Gasteiger partial charge on any atom is -0.396 e. The number of nitrogens with zero attached hydrogens (tertiary/aromatic N) is 2. The normalized spacial score (nSPS) is 20.3. The van der Waals surface area contributed by atoms with Crippen LogP contribution in [0.5, 0.6) is 0 Å². The third kappa shape index (κ3) is 2.52. The van der Waals surface area contributed by atoms with Gasteiger partial charge in [-0.2, -0.15) is 0 Å². The van der Waals surface area contributed by atoms with Crippen molar-refractivity contribution in [3.8, 4) is 0 Å². The predicted octanol–water partition coefficient (Wildman–Crippen LogP) is 0.618. The van der Waals surface area contributed by atoms with Gasteiger partial charge in [0.2, 0.25) is 0 Å². The number of aliphatic hydroxyl groups excluding tert-OH is 1. The highest BCUT2D eigenvalue weighted by Crippen LogP contribution is 2.26. The van der Waals surface area contributed by atoms with E-state index in [0.717, 1.165) is 19.4 Å². The Morgan fingerprint density at radius 2 is 2.47 bits per heavy atom. The number of aromatic amines is 1. The van der Waals surface area contributed by atoms with Crippen LogP contribution in [0.25, 0.3) is 0 Å². The van der Waals surface area contributed by atoms with Gasteiger partial charge in [-0.25, -0.2) is 4.98 Å². The van der Waals surface area contributed by atoms with Crippen molar-refractivity contribution in [3.05, 3.63) is 28.4 Å². The second-order valence-corrected chi connectivity index (χ2v) is 4.30. The van der Waals surface area contributed by atoms with Crippen LogP contribution in [-0.4, -0.2) is 29.7 Å². The van der Waals surface area contributed by atoms with Gasteiger partial charge in [-0.15, -0.1) is 0 Å². The first-order valence-electron chi connectivity index (χ1n) is 5.73. The summed E-state index contributed by atoms with van der Waals surface area (Å²) in [6.07, 6.45) is 3.61. The summed E-state index contributed by atoms with van der Waals surface area (Å²) in [4.78, 5) is 15.4. The molecule has 1 aromatic heterocycles. The largest absolute Gasteiger partial charge is 0.396 e.